The van der Waals surface area contributed by atoms with Crippen molar-refractivity contribution in [1.29, 1.82) is 0 Å². The molecule has 34 heavy (non-hydrogen) atoms. The number of nitrogens with two attached hydrogens (primary N) is 1. The van der Waals surface area contributed by atoms with E-state index < -0.39 is 0 Å². The Balaban J connectivity index is 1.88. The lowest BCUT2D eigenvalue weighted by atomic mass is 9.90. The fraction of sp³-hybridized carbons (Fsp3) is 0.517. The van der Waals surface area contributed by atoms with E-state index in [0.717, 1.165) is 49.9 Å². The molecule has 1 aromatic heterocycles. The van der Waals surface area contributed by atoms with Crippen molar-refractivity contribution in [3.8, 4) is 0 Å². The highest BCUT2D eigenvalue weighted by molar-refractivity contribution is 5.93. The second-order valence-corrected chi connectivity index (χ2v) is 10.6. The van der Waals surface area contributed by atoms with Gasteiger partial charge in [0.2, 0.25) is 0 Å². The molecule has 5 nitrogen and oxygen atoms in total. The maximum absolute atomic E-state index is 13.1. The largest absolute Gasteiger partial charge is 0.351 e. The van der Waals surface area contributed by atoms with E-state index in [-0.39, 0.29) is 23.4 Å². The number of urea groups is 1. The van der Waals surface area contributed by atoms with Crippen LogP contribution in [-0.2, 0) is 12.0 Å². The number of benzene rings is 2. The number of rotatable bonds is 8. The molecule has 2 N–H and O–H groups in total. The van der Waals surface area contributed by atoms with Crippen LogP contribution in [0.15, 0.2) is 42.5 Å². The van der Waals surface area contributed by atoms with Crippen molar-refractivity contribution in [3.63, 3.8) is 0 Å². The van der Waals surface area contributed by atoms with Crippen molar-refractivity contribution in [1.82, 2.24) is 9.78 Å². The molecule has 1 aliphatic rings. The first-order chi connectivity index (χ1) is 16.3. The number of primary amides is 1. The van der Waals surface area contributed by atoms with Crippen LogP contribution >= 0.6 is 0 Å². The molecule has 0 bridgehead atoms. The summed E-state index contributed by atoms with van der Waals surface area (Å²) in [5.74, 6) is 0.577. The molecule has 2 amide bonds. The molecule has 1 aliphatic carbocycles. The lowest BCUT2D eigenvalue weighted by molar-refractivity contribution is 0.240. The fourth-order valence-corrected chi connectivity index (χ4v) is 5.77. The van der Waals surface area contributed by atoms with E-state index in [1.807, 2.05) is 4.90 Å². The highest BCUT2D eigenvalue weighted by atomic mass is 16.2. The van der Waals surface area contributed by atoms with Gasteiger partial charge in [-0.05, 0) is 48.3 Å². The van der Waals surface area contributed by atoms with Crippen LogP contribution in [0.2, 0.25) is 0 Å². The van der Waals surface area contributed by atoms with Gasteiger partial charge in [0, 0.05) is 5.39 Å². The summed E-state index contributed by atoms with van der Waals surface area (Å²) in [6.45, 7) is 11.5. The summed E-state index contributed by atoms with van der Waals surface area (Å²) in [7, 11) is 0. The number of anilines is 1. The van der Waals surface area contributed by atoms with Gasteiger partial charge in [0.15, 0.2) is 0 Å². The van der Waals surface area contributed by atoms with Crippen molar-refractivity contribution >= 4 is 22.6 Å². The van der Waals surface area contributed by atoms with Crippen LogP contribution in [0.25, 0.3) is 10.9 Å². The first-order valence-corrected chi connectivity index (χ1v) is 13.0. The number of amides is 2. The fourth-order valence-electron chi connectivity index (χ4n) is 5.77. The molecule has 0 unspecified atom stereocenters. The Morgan fingerprint density at radius 1 is 1.03 bits per heavy atom. The SMILES string of the molecule is CCCc1nn(C2(CN(C(N)=O)c3c(C(C)C)cccc3C(C)C)CCCC2)c2ccccc12. The monoisotopic (exact) mass is 460 g/mol. The van der Waals surface area contributed by atoms with Gasteiger partial charge in [-0.2, -0.15) is 5.10 Å². The minimum atomic E-state index is -0.383. The van der Waals surface area contributed by atoms with E-state index in [1.165, 1.54) is 22.0 Å². The number of hydrogen-bond donors (Lipinski definition) is 1. The number of para-hydroxylation sites is 2. The van der Waals surface area contributed by atoms with E-state index in [0.29, 0.717) is 6.54 Å². The van der Waals surface area contributed by atoms with Gasteiger partial charge < -0.3 is 5.73 Å². The molecular weight excluding hydrogens is 420 g/mol. The first-order valence-electron chi connectivity index (χ1n) is 13.0. The minimum absolute atomic E-state index is 0.265. The van der Waals surface area contributed by atoms with Crippen LogP contribution in [0, 0.1) is 0 Å². The number of carbonyl (C=O) groups excluding carboxylic acids is 1. The molecule has 2 aromatic carbocycles. The Morgan fingerprint density at radius 2 is 1.65 bits per heavy atom. The van der Waals surface area contributed by atoms with Crippen LogP contribution in [0.5, 0.6) is 0 Å². The van der Waals surface area contributed by atoms with Crippen molar-refractivity contribution < 1.29 is 4.79 Å². The van der Waals surface area contributed by atoms with Gasteiger partial charge in [-0.3, -0.25) is 9.58 Å². The second kappa shape index (κ2) is 9.81. The van der Waals surface area contributed by atoms with E-state index in [1.54, 1.807) is 0 Å². The number of carbonyl (C=O) groups is 1. The number of aryl methyl sites for hydroxylation is 1. The lowest BCUT2D eigenvalue weighted by Gasteiger charge is -2.38. The highest BCUT2D eigenvalue weighted by Crippen LogP contribution is 2.43. The molecule has 4 rings (SSSR count). The summed E-state index contributed by atoms with van der Waals surface area (Å²) < 4.78 is 2.25. The molecule has 3 aromatic rings. The molecule has 0 aliphatic heterocycles. The van der Waals surface area contributed by atoms with Crippen molar-refractivity contribution in [2.45, 2.75) is 90.5 Å². The van der Waals surface area contributed by atoms with E-state index >= 15 is 0 Å². The maximum Gasteiger partial charge on any atom is 0.319 e. The predicted molar refractivity (Wildman–Crippen MR) is 142 cm³/mol. The van der Waals surface area contributed by atoms with E-state index in [2.05, 4.69) is 81.8 Å². The summed E-state index contributed by atoms with van der Waals surface area (Å²) in [5.41, 5.74) is 11.5. The molecule has 0 spiro atoms. The predicted octanol–water partition coefficient (Wildman–Crippen LogP) is 7.09. The number of hydrogen-bond acceptors (Lipinski definition) is 2. The Labute approximate surface area is 204 Å². The van der Waals surface area contributed by atoms with Crippen molar-refractivity contribution in [2.75, 3.05) is 11.4 Å². The highest BCUT2D eigenvalue weighted by Gasteiger charge is 2.41. The van der Waals surface area contributed by atoms with Gasteiger partial charge in [-0.15, -0.1) is 0 Å². The molecular formula is C29H40N4O. The molecule has 1 fully saturated rings. The third-order valence-corrected chi connectivity index (χ3v) is 7.47. The average molecular weight is 461 g/mol. The van der Waals surface area contributed by atoms with Gasteiger partial charge in [0.05, 0.1) is 29.0 Å². The van der Waals surface area contributed by atoms with Gasteiger partial charge in [0.1, 0.15) is 0 Å². The Kier molecular flexibility index (Phi) is 7.01. The quantitative estimate of drug-likeness (QED) is 0.390. The molecule has 0 radical (unpaired) electrons. The van der Waals surface area contributed by atoms with Crippen molar-refractivity contribution in [2.24, 2.45) is 5.73 Å². The maximum atomic E-state index is 13.1. The molecule has 0 atom stereocenters. The topological polar surface area (TPSA) is 64.2 Å². The van der Waals surface area contributed by atoms with Crippen LogP contribution < -0.4 is 10.6 Å². The number of nitrogens with zero attached hydrogens (tertiary/aromatic N) is 3. The third-order valence-electron chi connectivity index (χ3n) is 7.47. The van der Waals surface area contributed by atoms with E-state index in [9.17, 15) is 4.79 Å². The Bertz CT molecular complexity index is 1130. The molecule has 0 saturated heterocycles. The van der Waals surface area contributed by atoms with Gasteiger partial charge in [-0.25, -0.2) is 4.79 Å². The van der Waals surface area contributed by atoms with Crippen LogP contribution in [0.1, 0.15) is 95.4 Å². The van der Waals surface area contributed by atoms with Crippen molar-refractivity contribution in [3.05, 3.63) is 59.3 Å². The normalized spacial score (nSPS) is 15.5. The summed E-state index contributed by atoms with van der Waals surface area (Å²) in [5, 5.41) is 6.42. The molecule has 1 saturated carbocycles. The first kappa shape index (κ1) is 24.3. The zero-order chi connectivity index (χ0) is 24.5. The zero-order valence-electron chi connectivity index (χ0n) is 21.5. The Hall–Kier alpha value is -2.82. The second-order valence-electron chi connectivity index (χ2n) is 10.6. The molecule has 1 heterocycles. The number of fused-ring (bicyclic) bond motifs is 1. The summed E-state index contributed by atoms with van der Waals surface area (Å²) in [6, 6.07) is 14.6. The number of aromatic nitrogens is 2. The van der Waals surface area contributed by atoms with Gasteiger partial charge in [0.25, 0.3) is 0 Å². The minimum Gasteiger partial charge on any atom is -0.351 e. The standard InChI is InChI=1S/C29H40N4O/c1-6-12-25-24-13-7-8-16-26(24)33(31-25)29(17-9-10-18-29)19-32(28(30)34)27-22(20(2)3)14-11-15-23(27)21(4)5/h7-8,11,13-16,20-21H,6,9-10,12,17-19H2,1-5H3,(H2,30,34). The summed E-state index contributed by atoms with van der Waals surface area (Å²) in [6.07, 6.45) is 6.26. The average Bonchev–Trinajstić information content (AvgIpc) is 3.43. The molecule has 5 heteroatoms. The van der Waals surface area contributed by atoms with Gasteiger partial charge >= 0.3 is 6.03 Å². The zero-order valence-corrected chi connectivity index (χ0v) is 21.5. The molecule has 182 valence electrons. The lowest BCUT2D eigenvalue weighted by Crippen LogP contribution is -2.49. The Morgan fingerprint density at radius 3 is 2.21 bits per heavy atom. The van der Waals surface area contributed by atoms with Crippen LogP contribution in [0.4, 0.5) is 10.5 Å². The van der Waals surface area contributed by atoms with Crippen LogP contribution in [-0.4, -0.2) is 22.4 Å². The van der Waals surface area contributed by atoms with Crippen LogP contribution in [0.3, 0.4) is 0 Å². The van der Waals surface area contributed by atoms with Gasteiger partial charge in [-0.1, -0.05) is 90.3 Å². The smallest absolute Gasteiger partial charge is 0.319 e. The summed E-state index contributed by atoms with van der Waals surface area (Å²) in [4.78, 5) is 15.0. The summed E-state index contributed by atoms with van der Waals surface area (Å²) >= 11 is 0. The van der Waals surface area contributed by atoms with E-state index in [4.69, 9.17) is 10.8 Å². The third kappa shape index (κ3) is 4.33.